The number of aromatic nitrogens is 2. The molecule has 0 N–H and O–H groups in total. The lowest BCUT2D eigenvalue weighted by Gasteiger charge is -2.08. The van der Waals surface area contributed by atoms with Gasteiger partial charge in [-0.25, -0.2) is 0 Å². The molecule has 0 saturated carbocycles. The molecule has 0 saturated heterocycles. The number of nitrogens with zero attached hydrogens (tertiary/aromatic N) is 2. The Morgan fingerprint density at radius 1 is 0.762 bits per heavy atom. The fourth-order valence-corrected chi connectivity index (χ4v) is 2.76. The summed E-state index contributed by atoms with van der Waals surface area (Å²) in [5.74, 6) is 0. The van der Waals surface area contributed by atoms with Gasteiger partial charge in [0.2, 0.25) is 0 Å². The Morgan fingerprint density at radius 2 is 1.57 bits per heavy atom. The lowest BCUT2D eigenvalue weighted by Crippen LogP contribution is -1.89. The molecule has 2 nitrogen and oxygen atoms in total. The molecule has 0 fully saturated rings. The van der Waals surface area contributed by atoms with Crippen LogP contribution >= 0.6 is 0 Å². The van der Waals surface area contributed by atoms with E-state index >= 15 is 0 Å². The summed E-state index contributed by atoms with van der Waals surface area (Å²) >= 11 is 0. The molecule has 2 aromatic carbocycles. The van der Waals surface area contributed by atoms with Gasteiger partial charge in [0.05, 0.1) is 11.0 Å². The highest BCUT2D eigenvalue weighted by Crippen LogP contribution is 2.30. The highest BCUT2D eigenvalue weighted by Gasteiger charge is 2.08. The van der Waals surface area contributed by atoms with E-state index in [0.29, 0.717) is 0 Å². The van der Waals surface area contributed by atoms with Gasteiger partial charge in [-0.1, -0.05) is 48.5 Å². The third-order valence-corrected chi connectivity index (χ3v) is 3.79. The fourth-order valence-electron chi connectivity index (χ4n) is 2.76. The minimum Gasteiger partial charge on any atom is -0.254 e. The van der Waals surface area contributed by atoms with Crippen LogP contribution in [0.5, 0.6) is 0 Å². The van der Waals surface area contributed by atoms with Crippen LogP contribution in [0.25, 0.3) is 32.9 Å². The summed E-state index contributed by atoms with van der Waals surface area (Å²) in [6, 6.07) is 20.9. The van der Waals surface area contributed by atoms with Gasteiger partial charge in [0.25, 0.3) is 0 Å². The minimum atomic E-state index is 0.970. The summed E-state index contributed by atoms with van der Waals surface area (Å²) < 4.78 is 0. The van der Waals surface area contributed by atoms with Crippen molar-refractivity contribution >= 4 is 21.8 Å². The highest BCUT2D eigenvalue weighted by atomic mass is 14.7. The van der Waals surface area contributed by atoms with Gasteiger partial charge in [-0.05, 0) is 30.2 Å². The van der Waals surface area contributed by atoms with Crippen LogP contribution in [0.3, 0.4) is 0 Å². The summed E-state index contributed by atoms with van der Waals surface area (Å²) in [6.07, 6.45) is 1.87. The van der Waals surface area contributed by atoms with Gasteiger partial charge in [-0.2, -0.15) is 0 Å². The first-order valence-electron chi connectivity index (χ1n) is 7.03. The van der Waals surface area contributed by atoms with Crippen molar-refractivity contribution in [1.82, 2.24) is 9.97 Å². The van der Waals surface area contributed by atoms with E-state index in [4.69, 9.17) is 0 Å². The summed E-state index contributed by atoms with van der Waals surface area (Å²) in [6.45, 7) is 2.01. The maximum Gasteiger partial charge on any atom is 0.0970 e. The molecule has 0 bridgehead atoms. The zero-order chi connectivity index (χ0) is 14.2. The van der Waals surface area contributed by atoms with Crippen molar-refractivity contribution in [3.63, 3.8) is 0 Å². The number of aryl methyl sites for hydroxylation is 1. The van der Waals surface area contributed by atoms with E-state index in [1.165, 1.54) is 11.1 Å². The van der Waals surface area contributed by atoms with E-state index in [-0.39, 0.29) is 0 Å². The molecule has 4 rings (SSSR count). The van der Waals surface area contributed by atoms with E-state index in [1.807, 2.05) is 25.3 Å². The average Bonchev–Trinajstić information content (AvgIpc) is 2.55. The molecule has 0 aliphatic rings. The van der Waals surface area contributed by atoms with Crippen LogP contribution in [0.4, 0.5) is 0 Å². The van der Waals surface area contributed by atoms with E-state index in [9.17, 15) is 0 Å². The Bertz CT molecular complexity index is 943. The van der Waals surface area contributed by atoms with Gasteiger partial charge in [-0.3, -0.25) is 9.97 Å². The van der Waals surface area contributed by atoms with Crippen LogP contribution in [0.1, 0.15) is 5.69 Å². The Kier molecular flexibility index (Phi) is 2.68. The molecule has 100 valence electrons. The number of rotatable bonds is 1. The summed E-state index contributed by atoms with van der Waals surface area (Å²) in [4.78, 5) is 9.25. The normalized spacial score (nSPS) is 11.1. The molecule has 0 radical (unpaired) electrons. The predicted octanol–water partition coefficient (Wildman–Crippen LogP) is 4.76. The molecule has 0 aliphatic carbocycles. The third kappa shape index (κ3) is 1.96. The second-order valence-electron chi connectivity index (χ2n) is 5.21. The zero-order valence-electron chi connectivity index (χ0n) is 11.7. The Balaban J connectivity index is 2.11. The van der Waals surface area contributed by atoms with Gasteiger partial charge in [0, 0.05) is 22.7 Å². The topological polar surface area (TPSA) is 25.8 Å². The van der Waals surface area contributed by atoms with Gasteiger partial charge >= 0.3 is 0 Å². The molecule has 2 heterocycles. The second kappa shape index (κ2) is 4.67. The molecular weight excluding hydrogens is 256 g/mol. The van der Waals surface area contributed by atoms with Crippen molar-refractivity contribution in [2.45, 2.75) is 6.92 Å². The van der Waals surface area contributed by atoms with Gasteiger partial charge in [0.1, 0.15) is 0 Å². The van der Waals surface area contributed by atoms with Crippen LogP contribution < -0.4 is 0 Å². The first kappa shape index (κ1) is 12.0. The molecule has 0 spiro atoms. The van der Waals surface area contributed by atoms with Crippen molar-refractivity contribution in [3.05, 3.63) is 72.6 Å². The second-order valence-corrected chi connectivity index (χ2v) is 5.21. The largest absolute Gasteiger partial charge is 0.254 e. The fraction of sp³-hybridized carbons (Fsp3) is 0.0526. The maximum absolute atomic E-state index is 4.68. The number of pyridine rings is 2. The van der Waals surface area contributed by atoms with Crippen molar-refractivity contribution < 1.29 is 0 Å². The summed E-state index contributed by atoms with van der Waals surface area (Å²) in [7, 11) is 0. The number of benzene rings is 2. The van der Waals surface area contributed by atoms with Crippen molar-refractivity contribution in [2.75, 3.05) is 0 Å². The molecule has 0 amide bonds. The SMILES string of the molecule is Cc1ccc2ccc3c(-c4ccccc4)ccnc3c2n1. The number of fused-ring (bicyclic) bond motifs is 3. The van der Waals surface area contributed by atoms with Crippen LogP contribution in [-0.4, -0.2) is 9.97 Å². The molecule has 2 heteroatoms. The molecule has 0 unspecified atom stereocenters. The van der Waals surface area contributed by atoms with Crippen molar-refractivity contribution in [1.29, 1.82) is 0 Å². The average molecular weight is 270 g/mol. The Hall–Kier alpha value is -2.74. The summed E-state index contributed by atoms with van der Waals surface area (Å²) in [5, 5.41) is 2.28. The lowest BCUT2D eigenvalue weighted by atomic mass is 10.00. The molecule has 21 heavy (non-hydrogen) atoms. The first-order chi connectivity index (χ1) is 10.3. The summed E-state index contributed by atoms with van der Waals surface area (Å²) in [5.41, 5.74) is 5.37. The molecular formula is C19H14N2. The smallest absolute Gasteiger partial charge is 0.0970 e. The van der Waals surface area contributed by atoms with Gasteiger partial charge < -0.3 is 0 Å². The van der Waals surface area contributed by atoms with E-state index in [1.54, 1.807) is 0 Å². The Labute approximate surface area is 123 Å². The van der Waals surface area contributed by atoms with E-state index in [2.05, 4.69) is 58.5 Å². The van der Waals surface area contributed by atoms with Crippen LogP contribution in [0.15, 0.2) is 66.9 Å². The van der Waals surface area contributed by atoms with Crippen molar-refractivity contribution in [3.8, 4) is 11.1 Å². The zero-order valence-corrected chi connectivity index (χ0v) is 11.7. The highest BCUT2D eigenvalue weighted by molar-refractivity contribution is 6.08. The van der Waals surface area contributed by atoms with Crippen molar-refractivity contribution in [2.24, 2.45) is 0 Å². The minimum absolute atomic E-state index is 0.970. The number of hydrogen-bond acceptors (Lipinski definition) is 2. The van der Waals surface area contributed by atoms with Gasteiger partial charge in [-0.15, -0.1) is 0 Å². The number of hydrogen-bond donors (Lipinski definition) is 0. The van der Waals surface area contributed by atoms with Crippen LogP contribution in [0.2, 0.25) is 0 Å². The van der Waals surface area contributed by atoms with E-state index in [0.717, 1.165) is 27.5 Å². The standard InChI is InChI=1S/C19H14N2/c1-13-7-8-15-9-10-17-16(14-5-3-2-4-6-14)11-12-20-19(17)18(15)21-13/h2-12H,1H3. The third-order valence-electron chi connectivity index (χ3n) is 3.79. The lowest BCUT2D eigenvalue weighted by molar-refractivity contribution is 1.25. The maximum atomic E-state index is 4.68. The molecule has 0 atom stereocenters. The van der Waals surface area contributed by atoms with Crippen LogP contribution in [-0.2, 0) is 0 Å². The molecule has 2 aromatic heterocycles. The first-order valence-corrected chi connectivity index (χ1v) is 7.03. The molecule has 4 aromatic rings. The predicted molar refractivity (Wildman–Crippen MR) is 87.2 cm³/mol. The Morgan fingerprint density at radius 3 is 2.43 bits per heavy atom. The quantitative estimate of drug-likeness (QED) is 0.466. The van der Waals surface area contributed by atoms with Gasteiger partial charge in [0.15, 0.2) is 0 Å². The monoisotopic (exact) mass is 270 g/mol. The van der Waals surface area contributed by atoms with E-state index < -0.39 is 0 Å². The van der Waals surface area contributed by atoms with Crippen LogP contribution in [0, 0.1) is 6.92 Å². The molecule has 0 aliphatic heterocycles.